The summed E-state index contributed by atoms with van der Waals surface area (Å²) >= 11 is 0. The minimum atomic E-state index is -5.37. The molecule has 0 aliphatic carbocycles. The highest BCUT2D eigenvalue weighted by Gasteiger charge is 2.26. The summed E-state index contributed by atoms with van der Waals surface area (Å²) in [4.78, 5) is 0.526. The van der Waals surface area contributed by atoms with Crippen molar-refractivity contribution < 1.29 is 81.6 Å². The molecule has 0 unspecified atom stereocenters. The number of benzene rings is 2. The summed E-state index contributed by atoms with van der Waals surface area (Å²) in [7, 11) is -29.8. The van der Waals surface area contributed by atoms with E-state index in [0.29, 0.717) is 12.1 Å². The first-order valence-electron chi connectivity index (χ1n) is 13.8. The lowest BCUT2D eigenvalue weighted by atomic mass is 10.1. The average Bonchev–Trinajstić information content (AvgIpc) is 2.99. The zero-order chi connectivity index (χ0) is 41.1. The standard InChI is InChI=1S/C23H26N6O19S6/c1-13-18(12-24)22(26-3-6-49(30,31)7-5-48-54(44,45)46)27-23(25-2-4-47-53(41,42)43)21(13)29-28-14-8-16-17(19(9-14)51(35,36)37)10-15(50(32,33)34)11-20(16)52(38,39)40/h8-11H,2-7H2,1H3,(H2,25,26,27)(H,32,33,34)(H,35,36,37)(H,38,39,40)(H,41,42,43)(H,44,45,46)/b29-28+. The maximum absolute atomic E-state index is 12.3. The summed E-state index contributed by atoms with van der Waals surface area (Å²) in [6.07, 6.45) is 0. The van der Waals surface area contributed by atoms with Crippen LogP contribution in [0.1, 0.15) is 11.1 Å². The fourth-order valence-electron chi connectivity index (χ4n) is 4.31. The van der Waals surface area contributed by atoms with Crippen LogP contribution < -0.4 is 10.6 Å². The number of rotatable bonds is 18. The van der Waals surface area contributed by atoms with E-state index < -0.39 is 130 Å². The van der Waals surface area contributed by atoms with Gasteiger partial charge in [-0.1, -0.05) is 0 Å². The van der Waals surface area contributed by atoms with E-state index in [1.165, 1.54) is 6.92 Å². The van der Waals surface area contributed by atoms with Crippen molar-refractivity contribution in [3.05, 3.63) is 35.4 Å². The minimum Gasteiger partial charge on any atom is -0.368 e. The van der Waals surface area contributed by atoms with Crippen molar-refractivity contribution in [2.24, 2.45) is 10.2 Å². The van der Waals surface area contributed by atoms with Gasteiger partial charge >= 0.3 is 20.8 Å². The highest BCUT2D eigenvalue weighted by Crippen LogP contribution is 2.38. The number of hydrogen-bond donors (Lipinski definition) is 7. The lowest BCUT2D eigenvalue weighted by molar-refractivity contribution is 0.278. The van der Waals surface area contributed by atoms with Crippen molar-refractivity contribution in [2.45, 2.75) is 21.6 Å². The number of nitrogens with zero attached hydrogens (tertiary/aromatic N) is 4. The molecule has 0 fully saturated rings. The third kappa shape index (κ3) is 12.5. The molecule has 3 aromatic rings. The normalized spacial score (nSPS) is 13.3. The molecule has 0 aliphatic heterocycles. The van der Waals surface area contributed by atoms with E-state index >= 15 is 0 Å². The number of hydrogen-bond acceptors (Lipinski definition) is 20. The number of nitrogens with one attached hydrogen (secondary N) is 2. The van der Waals surface area contributed by atoms with E-state index in [1.807, 2.05) is 0 Å². The van der Waals surface area contributed by atoms with Crippen molar-refractivity contribution in [2.75, 3.05) is 48.4 Å². The summed E-state index contributed by atoms with van der Waals surface area (Å²) in [6, 6.07) is 3.91. The number of anilines is 2. The van der Waals surface area contributed by atoms with Gasteiger partial charge in [-0.25, -0.2) is 21.8 Å². The Labute approximate surface area is 307 Å². The Balaban J connectivity index is 2.17. The van der Waals surface area contributed by atoms with Crippen molar-refractivity contribution >= 4 is 94.8 Å². The van der Waals surface area contributed by atoms with Gasteiger partial charge in [0.25, 0.3) is 30.4 Å². The number of azo groups is 1. The fraction of sp³-hybridized carbons (Fsp3) is 0.304. The second-order valence-electron chi connectivity index (χ2n) is 10.4. The van der Waals surface area contributed by atoms with Gasteiger partial charge in [0.05, 0.1) is 40.9 Å². The smallest absolute Gasteiger partial charge is 0.368 e. The summed E-state index contributed by atoms with van der Waals surface area (Å²) < 4.78 is 195. The molecule has 0 amide bonds. The first-order chi connectivity index (χ1) is 24.5. The molecule has 0 atom stereocenters. The van der Waals surface area contributed by atoms with Crippen molar-refractivity contribution in [1.29, 1.82) is 5.26 Å². The largest absolute Gasteiger partial charge is 0.397 e. The SMILES string of the molecule is Cc1c(C#N)c(NCCS(=O)(=O)CCOS(=O)(=O)O)nc(NCCOS(=O)(=O)O)c1/N=N/c1cc(S(=O)(=O)O)c2cc(S(=O)(=O)O)cc(S(=O)(=O)O)c2c1. The molecule has 31 heteroatoms. The molecule has 7 N–H and O–H groups in total. The van der Waals surface area contributed by atoms with E-state index in [-0.39, 0.29) is 34.5 Å². The second-order valence-corrected chi connectivity index (χ2v) is 19.0. The monoisotopic (exact) mass is 882 g/mol. The van der Waals surface area contributed by atoms with Gasteiger partial charge in [-0.3, -0.25) is 22.8 Å². The van der Waals surface area contributed by atoms with Crippen LogP contribution in [0.15, 0.2) is 49.2 Å². The van der Waals surface area contributed by atoms with Gasteiger partial charge in [0.2, 0.25) is 0 Å². The number of nitriles is 1. The Morgan fingerprint density at radius 1 is 0.685 bits per heavy atom. The van der Waals surface area contributed by atoms with Crippen LogP contribution in [0.4, 0.5) is 23.0 Å². The predicted octanol–water partition coefficient (Wildman–Crippen LogP) is 0.448. The molecule has 1 aromatic heterocycles. The quantitative estimate of drug-likeness (QED) is 0.0518. The average molecular weight is 883 g/mol. The molecule has 0 aliphatic rings. The molecular weight excluding hydrogens is 857 g/mol. The third-order valence-electron chi connectivity index (χ3n) is 6.56. The number of pyridine rings is 1. The van der Waals surface area contributed by atoms with Crippen LogP contribution >= 0.6 is 0 Å². The van der Waals surface area contributed by atoms with Gasteiger partial charge in [0.1, 0.15) is 27.4 Å². The summed E-state index contributed by atoms with van der Waals surface area (Å²) in [5.41, 5.74) is -1.35. The Hall–Kier alpha value is -4.04. The van der Waals surface area contributed by atoms with Crippen LogP contribution in [0.2, 0.25) is 0 Å². The van der Waals surface area contributed by atoms with E-state index in [9.17, 15) is 69.4 Å². The van der Waals surface area contributed by atoms with Crippen LogP contribution in [0.25, 0.3) is 10.8 Å². The van der Waals surface area contributed by atoms with Crippen LogP contribution in [-0.4, -0.2) is 116 Å². The van der Waals surface area contributed by atoms with Crippen LogP contribution in [0.3, 0.4) is 0 Å². The van der Waals surface area contributed by atoms with Gasteiger partial charge in [0.15, 0.2) is 15.7 Å². The van der Waals surface area contributed by atoms with Crippen LogP contribution in [-0.2, 0) is 69.4 Å². The van der Waals surface area contributed by atoms with Crippen LogP contribution in [0.5, 0.6) is 0 Å². The van der Waals surface area contributed by atoms with Crippen molar-refractivity contribution in [1.82, 2.24) is 4.98 Å². The van der Waals surface area contributed by atoms with Gasteiger partial charge in [-0.2, -0.15) is 52.5 Å². The highest BCUT2D eigenvalue weighted by atomic mass is 32.3. The minimum absolute atomic E-state index is 0.0893. The Morgan fingerprint density at radius 3 is 1.76 bits per heavy atom. The fourth-order valence-corrected chi connectivity index (χ4v) is 8.01. The molecule has 0 saturated carbocycles. The molecular formula is C23H26N6O19S6. The molecule has 3 rings (SSSR count). The lowest BCUT2D eigenvalue weighted by Crippen LogP contribution is -2.23. The predicted molar refractivity (Wildman–Crippen MR) is 182 cm³/mol. The Bertz CT molecular complexity index is 2730. The van der Waals surface area contributed by atoms with Crippen LogP contribution in [0, 0.1) is 18.3 Å². The Kier molecular flexibility index (Phi) is 13.4. The molecule has 25 nitrogen and oxygen atoms in total. The number of fused-ring (bicyclic) bond motifs is 1. The van der Waals surface area contributed by atoms with E-state index in [1.54, 1.807) is 6.07 Å². The topological polar surface area (TPSA) is 410 Å². The molecule has 0 spiro atoms. The third-order valence-corrected chi connectivity index (χ3v) is 11.7. The van der Waals surface area contributed by atoms with Crippen molar-refractivity contribution in [3.63, 3.8) is 0 Å². The summed E-state index contributed by atoms with van der Waals surface area (Å²) in [5, 5.41) is 21.2. The molecule has 0 saturated heterocycles. The molecule has 54 heavy (non-hydrogen) atoms. The zero-order valence-electron chi connectivity index (χ0n) is 26.7. The first-order valence-corrected chi connectivity index (χ1v) is 22.7. The maximum atomic E-state index is 12.3. The highest BCUT2D eigenvalue weighted by molar-refractivity contribution is 7.91. The Morgan fingerprint density at radius 2 is 1.22 bits per heavy atom. The molecule has 0 radical (unpaired) electrons. The number of sulfone groups is 1. The molecule has 0 bridgehead atoms. The first kappa shape index (κ1) is 44.4. The number of aromatic nitrogens is 1. The van der Waals surface area contributed by atoms with E-state index in [0.717, 1.165) is 6.07 Å². The van der Waals surface area contributed by atoms with Gasteiger partial charge in [-0.05, 0) is 31.2 Å². The second kappa shape index (κ2) is 16.4. The van der Waals surface area contributed by atoms with Crippen molar-refractivity contribution in [3.8, 4) is 6.07 Å². The summed E-state index contributed by atoms with van der Waals surface area (Å²) in [5.74, 6) is -2.18. The van der Waals surface area contributed by atoms with E-state index in [4.69, 9.17) is 9.11 Å². The van der Waals surface area contributed by atoms with Gasteiger partial charge in [0, 0.05) is 29.4 Å². The molecule has 2 aromatic carbocycles. The van der Waals surface area contributed by atoms with E-state index in [2.05, 4.69) is 34.2 Å². The van der Waals surface area contributed by atoms with Gasteiger partial charge in [-0.15, -0.1) is 5.11 Å². The summed E-state index contributed by atoms with van der Waals surface area (Å²) in [6.45, 7) is -1.28. The lowest BCUT2D eigenvalue weighted by Gasteiger charge is -2.16. The zero-order valence-corrected chi connectivity index (χ0v) is 31.6. The maximum Gasteiger partial charge on any atom is 0.397 e. The van der Waals surface area contributed by atoms with Gasteiger partial charge < -0.3 is 10.6 Å². The molecule has 298 valence electrons. The molecule has 1 heterocycles.